The van der Waals surface area contributed by atoms with Crippen molar-refractivity contribution in [2.45, 2.75) is 257 Å². The Hall–Kier alpha value is -10.7. The Morgan fingerprint density at radius 1 is 0.373 bits per heavy atom. The number of fused-ring (bicyclic) bond motifs is 1. The van der Waals surface area contributed by atoms with Gasteiger partial charge in [0.25, 0.3) is 0 Å². The van der Waals surface area contributed by atoms with Crippen LogP contribution in [0.2, 0.25) is 0 Å². The lowest BCUT2D eigenvalue weighted by molar-refractivity contribution is -0.142. The van der Waals surface area contributed by atoms with Crippen molar-refractivity contribution in [2.24, 2.45) is 35.1 Å². The van der Waals surface area contributed by atoms with Gasteiger partial charge in [0.1, 0.15) is 90.6 Å². The molecule has 0 radical (unpaired) electrons. The number of thiol groups is 2. The van der Waals surface area contributed by atoms with E-state index >= 15 is 0 Å². The molecule has 41 nitrogen and oxygen atoms in total. The number of aliphatic carboxylic acids is 3. The number of para-hydroxylation sites is 1. The highest BCUT2D eigenvalue weighted by atomic mass is 32.1. The molecule has 0 saturated heterocycles. The van der Waals surface area contributed by atoms with E-state index < -0.39 is 254 Å². The van der Waals surface area contributed by atoms with E-state index in [1.54, 1.807) is 85.9 Å². The molecule has 24 N–H and O–H groups in total. The molecule has 0 bridgehead atoms. The van der Waals surface area contributed by atoms with Crippen molar-refractivity contribution in [1.82, 2.24) is 84.7 Å². The maximum absolute atomic E-state index is 14.8. The third-order valence-corrected chi connectivity index (χ3v) is 18.8. The number of aromatic nitrogens is 1. The van der Waals surface area contributed by atoms with Crippen LogP contribution in [-0.2, 0) is 97.5 Å². The van der Waals surface area contributed by atoms with Gasteiger partial charge in [-0.1, -0.05) is 73.6 Å². The lowest BCUT2D eigenvalue weighted by atomic mass is 9.98. The van der Waals surface area contributed by atoms with Crippen LogP contribution >= 0.6 is 25.3 Å². The van der Waals surface area contributed by atoms with Crippen molar-refractivity contribution >= 4 is 149 Å². The van der Waals surface area contributed by atoms with Gasteiger partial charge >= 0.3 is 17.9 Å². The molecule has 2 aromatic rings. The summed E-state index contributed by atoms with van der Waals surface area (Å²) >= 11 is 8.26. The number of benzene rings is 1. The van der Waals surface area contributed by atoms with Gasteiger partial charge in [0, 0.05) is 54.8 Å². The molecular formula is C75H120N18O23S2. The first-order chi connectivity index (χ1) is 55.2. The number of carbonyl (C=O) groups excluding carboxylic acids is 16. The van der Waals surface area contributed by atoms with Crippen molar-refractivity contribution in [3.63, 3.8) is 0 Å². The van der Waals surface area contributed by atoms with Crippen molar-refractivity contribution in [3.05, 3.63) is 36.0 Å². The number of primary amides is 1. The minimum Gasteiger partial charge on any atom is -0.481 e. The molecule has 0 aliphatic rings. The molecular weight excluding hydrogens is 1590 g/mol. The summed E-state index contributed by atoms with van der Waals surface area (Å²) < 4.78 is 0. The highest BCUT2D eigenvalue weighted by molar-refractivity contribution is 7.80. The lowest BCUT2D eigenvalue weighted by Crippen LogP contribution is -2.61. The molecule has 0 aliphatic heterocycles. The molecule has 2 rings (SSSR count). The first-order valence-electron chi connectivity index (χ1n) is 38.8. The van der Waals surface area contributed by atoms with Crippen LogP contribution < -0.4 is 91.2 Å². The molecule has 0 unspecified atom stereocenters. The average molecular weight is 1710 g/mol. The zero-order valence-corrected chi connectivity index (χ0v) is 70.3. The Labute approximate surface area is 694 Å². The number of H-pyrrole nitrogens is 1. The third kappa shape index (κ3) is 37.7. The first kappa shape index (κ1) is 103. The second kappa shape index (κ2) is 52.2. The Bertz CT molecular complexity index is 3830. The van der Waals surface area contributed by atoms with E-state index in [2.05, 4.69) is 110 Å². The van der Waals surface area contributed by atoms with E-state index in [1.165, 1.54) is 20.8 Å². The fraction of sp³-hybridized carbons (Fsp3) is 0.640. The quantitative estimate of drug-likeness (QED) is 0.0221. The molecule has 16 amide bonds. The Morgan fingerprint density at radius 2 is 0.686 bits per heavy atom. The number of aromatic amines is 1. The maximum atomic E-state index is 14.8. The van der Waals surface area contributed by atoms with Crippen molar-refractivity contribution in [3.8, 4) is 0 Å². The predicted molar refractivity (Wildman–Crippen MR) is 434 cm³/mol. The molecule has 1 aromatic carbocycles. The summed E-state index contributed by atoms with van der Waals surface area (Å²) in [5.41, 5.74) is 12.2. The molecule has 0 fully saturated rings. The first-order valence-corrected chi connectivity index (χ1v) is 40.1. The summed E-state index contributed by atoms with van der Waals surface area (Å²) in [4.78, 5) is 259. The summed E-state index contributed by atoms with van der Waals surface area (Å²) in [6.07, 6.45) is -2.82. The van der Waals surface area contributed by atoms with Crippen molar-refractivity contribution in [2.75, 3.05) is 24.7 Å². The summed E-state index contributed by atoms with van der Waals surface area (Å²) in [5.74, 6) is -22.2. The van der Waals surface area contributed by atoms with Crippen LogP contribution in [0.1, 0.15) is 166 Å². The number of carboxylic acid groups (broad SMARTS) is 3. The molecule has 0 aliphatic carbocycles. The van der Waals surface area contributed by atoms with E-state index in [4.69, 9.17) is 11.5 Å². The van der Waals surface area contributed by atoms with E-state index in [0.717, 1.165) is 6.92 Å². The van der Waals surface area contributed by atoms with Gasteiger partial charge in [0.15, 0.2) is 0 Å². The number of hydrogen-bond acceptors (Lipinski definition) is 23. The van der Waals surface area contributed by atoms with Gasteiger partial charge in [-0.15, -0.1) is 0 Å². The highest BCUT2D eigenvalue weighted by Gasteiger charge is 2.39. The van der Waals surface area contributed by atoms with E-state index in [9.17, 15) is 112 Å². The fourth-order valence-corrected chi connectivity index (χ4v) is 12.3. The number of unbranched alkanes of at least 4 members (excludes halogenated alkanes) is 1. The molecule has 0 spiro atoms. The number of hydrogen-bond donors (Lipinski definition) is 24. The number of aliphatic hydroxyl groups is 1. The minimum absolute atomic E-state index is 0.0129. The van der Waals surface area contributed by atoms with Gasteiger partial charge in [-0.25, -0.2) is 0 Å². The van der Waals surface area contributed by atoms with Crippen LogP contribution in [-0.4, -0.2) is 253 Å². The highest BCUT2D eigenvalue weighted by Crippen LogP contribution is 2.21. The number of rotatable bonds is 55. The smallest absolute Gasteiger partial charge is 0.305 e. The number of carboxylic acids is 3. The SMILES string of the molecule is CC(=O)N[C@@H](C)C(=O)N[C@@H](CS)C(=O)N[C@@H](CCC(=O)O)C(=O)N[C@@H](CC(C)C)C(=O)N[C@@H](CC(C)C)C(=O)N[C@@H](CCC(=O)O)C(=O)N[C@@H](CC(C)C)C(=O)N[C@@H](CC(=O)O)C(=O)N[C@@H](CCCCN)C(=O)N[C@@H](Cc1c[nH]c2ccccc12)C(=O)N[C@@H](C)C(=O)N[C@@H](CO)C(=O)N[C@@H](CC(C)C)C(=O)N[C@@H](CS)C(=O)N[C@@H](C)C(N)=O. The molecule has 1 heterocycles. The molecule has 118 heavy (non-hydrogen) atoms. The van der Waals surface area contributed by atoms with Crippen molar-refractivity contribution < 1.29 is 112 Å². The monoisotopic (exact) mass is 1700 g/mol. The third-order valence-electron chi connectivity index (χ3n) is 18.0. The predicted octanol–water partition coefficient (Wildman–Crippen LogP) is -4.08. The Balaban J connectivity index is 2.56. The van der Waals surface area contributed by atoms with Gasteiger partial charge < -0.3 is 117 Å². The average Bonchev–Trinajstić information content (AvgIpc) is 1.86. The summed E-state index contributed by atoms with van der Waals surface area (Å²) in [6.45, 7) is 17.5. The topological polar surface area (TPSA) is 654 Å². The van der Waals surface area contributed by atoms with Crippen LogP contribution in [0.15, 0.2) is 30.5 Å². The van der Waals surface area contributed by atoms with Crippen LogP contribution in [0.5, 0.6) is 0 Å². The largest absolute Gasteiger partial charge is 0.481 e. The Kier molecular flexibility index (Phi) is 45.7. The zero-order chi connectivity index (χ0) is 89.5. The van der Waals surface area contributed by atoms with Crippen LogP contribution in [0.25, 0.3) is 10.9 Å². The normalized spacial score (nSPS) is 15.1. The van der Waals surface area contributed by atoms with Gasteiger partial charge in [0.05, 0.1) is 13.0 Å². The zero-order valence-electron chi connectivity index (χ0n) is 68.5. The number of nitrogens with two attached hydrogens (primary N) is 2. The number of aliphatic hydroxyl groups excluding tert-OH is 1. The van der Waals surface area contributed by atoms with Gasteiger partial charge in [-0.05, 0) is 120 Å². The summed E-state index contributed by atoms with van der Waals surface area (Å²) in [5, 5.41) is 77.2. The van der Waals surface area contributed by atoms with Gasteiger partial charge in [-0.3, -0.25) is 91.1 Å². The lowest BCUT2D eigenvalue weighted by Gasteiger charge is -2.29. The second-order valence-electron chi connectivity index (χ2n) is 30.4. The van der Waals surface area contributed by atoms with Crippen LogP contribution in [0.4, 0.5) is 0 Å². The molecule has 660 valence electrons. The van der Waals surface area contributed by atoms with Crippen LogP contribution in [0, 0.1) is 23.7 Å². The molecule has 43 heteroatoms. The van der Waals surface area contributed by atoms with E-state index in [1.807, 2.05) is 0 Å². The fourth-order valence-electron chi connectivity index (χ4n) is 11.8. The number of nitrogens with one attached hydrogen (secondary N) is 16. The van der Waals surface area contributed by atoms with Crippen molar-refractivity contribution in [1.29, 1.82) is 0 Å². The standard InChI is InChI=1S/C75H120N18O23S2/c1-35(2)25-49(87-69(110)50(26-36(3)4)85-66(107)48(21-23-59(98)99)84-75(116)57(34-118)92-62(103)40(10)79-42(12)95)68(109)83-47(20-22-58(96)97)65(106)86-51(27-37(5)6)70(111)90-54(30-60(100)101)72(113)82-46(19-15-16-24-76)64(105)89-53(29-43-31-78-45-18-14-13-17-44(43)45)67(108)81-41(11)63(104)91-55(32-94)73(114)88-52(28-38(7)8)71(112)93-56(33-117)74(115)80-39(9)61(77)102/h13-14,17-18,31,35-41,46-57,78,94,117-118H,15-16,19-30,32-34,76H2,1-12H3,(H2,77,102)(H,79,95)(H,80,115)(H,81,108)(H,82,113)(H,83,109)(H,84,116)(H,85,107)(H,86,106)(H,87,110)(H,88,114)(H,89,105)(H,90,111)(H,91,104)(H,92,103)(H,93,112)(H,96,97)(H,98,99)(H,100,101)/t39-,40-,41-,46-,47-,48-,49-,50-,51-,52-,53-,54-,55-,56-,57-/m0/s1. The second-order valence-corrected chi connectivity index (χ2v) is 31.1. The summed E-state index contributed by atoms with van der Waals surface area (Å²) in [7, 11) is 0. The van der Waals surface area contributed by atoms with Crippen LogP contribution in [0.3, 0.4) is 0 Å². The maximum Gasteiger partial charge on any atom is 0.305 e. The van der Waals surface area contributed by atoms with Gasteiger partial charge in [0.2, 0.25) is 94.5 Å². The van der Waals surface area contributed by atoms with Gasteiger partial charge in [-0.2, -0.15) is 25.3 Å². The van der Waals surface area contributed by atoms with E-state index in [0.29, 0.717) is 16.5 Å². The number of amides is 16. The number of carbonyl (C=O) groups is 19. The molecule has 15 atom stereocenters. The molecule has 1 aromatic heterocycles. The summed E-state index contributed by atoms with van der Waals surface area (Å²) in [6, 6.07) is -16.1. The Morgan fingerprint density at radius 3 is 1.07 bits per heavy atom. The van der Waals surface area contributed by atoms with E-state index in [-0.39, 0.29) is 81.3 Å². The minimum atomic E-state index is -2.03. The molecule has 0 saturated carbocycles.